The van der Waals surface area contributed by atoms with Gasteiger partial charge in [0.25, 0.3) is 0 Å². The zero-order valence-corrected chi connectivity index (χ0v) is 53.3. The van der Waals surface area contributed by atoms with E-state index in [1.54, 1.807) is 0 Å². The van der Waals surface area contributed by atoms with Gasteiger partial charge in [0.15, 0.2) is 31.5 Å². The van der Waals surface area contributed by atoms with Crippen molar-refractivity contribution in [3.8, 4) is 0 Å². The van der Waals surface area contributed by atoms with Crippen molar-refractivity contribution >= 4 is 5.97 Å². The molecule has 11 aliphatic rings. The van der Waals surface area contributed by atoms with Gasteiger partial charge in [-0.3, -0.25) is 4.79 Å². The summed E-state index contributed by atoms with van der Waals surface area (Å²) in [6.07, 6.45) is -38.3. The second-order valence-electron chi connectivity index (χ2n) is 29.6. The topological polar surface area (TPSA) is 472 Å². The van der Waals surface area contributed by atoms with Crippen LogP contribution in [-0.2, 0) is 61.6 Å². The fourth-order valence-electron chi connectivity index (χ4n) is 18.3. The average Bonchev–Trinajstić information content (AvgIpc) is 0.677. The van der Waals surface area contributed by atoms with Gasteiger partial charge in [-0.2, -0.15) is 0 Å². The molecule has 6 heterocycles. The quantitative estimate of drug-likeness (QED) is 0.0417. The van der Waals surface area contributed by atoms with E-state index in [9.17, 15) is 86.8 Å². The van der Waals surface area contributed by atoms with E-state index >= 15 is 4.79 Å². The van der Waals surface area contributed by atoms with E-state index in [-0.39, 0.29) is 35.2 Å². The molecule has 0 spiro atoms. The molecule has 0 aromatic heterocycles. The molecule has 0 unspecified atom stereocenters. The molecule has 30 nitrogen and oxygen atoms in total. The van der Waals surface area contributed by atoms with Crippen molar-refractivity contribution < 1.29 is 148 Å². The van der Waals surface area contributed by atoms with Crippen molar-refractivity contribution in [1.29, 1.82) is 0 Å². The lowest BCUT2D eigenvalue weighted by Crippen LogP contribution is -2.66. The fraction of sp³-hybridized carbons (Fsp3) is 0.921. The van der Waals surface area contributed by atoms with E-state index in [1.165, 1.54) is 6.92 Å². The highest BCUT2D eigenvalue weighted by atomic mass is 16.8. The second-order valence-corrected chi connectivity index (χ2v) is 29.6. The Bertz CT molecular complexity index is 2630. The number of hydrogen-bond donors (Lipinski definition) is 17. The van der Waals surface area contributed by atoms with Crippen LogP contribution in [0.4, 0.5) is 0 Å². The van der Waals surface area contributed by atoms with Crippen molar-refractivity contribution in [3.63, 3.8) is 0 Å². The summed E-state index contributed by atoms with van der Waals surface area (Å²) in [4.78, 5) is 15.2. The molecule has 0 amide bonds. The van der Waals surface area contributed by atoms with Crippen LogP contribution in [0.25, 0.3) is 0 Å². The highest BCUT2D eigenvalue weighted by Crippen LogP contribution is 2.76. The van der Waals surface area contributed by atoms with Gasteiger partial charge in [0.1, 0.15) is 128 Å². The average molecular weight is 1340 g/mol. The molecule has 10 fully saturated rings. The molecule has 11 rings (SSSR count). The molecule has 0 radical (unpaired) electrons. The van der Waals surface area contributed by atoms with Crippen molar-refractivity contribution in [2.24, 2.45) is 44.8 Å². The summed E-state index contributed by atoms with van der Waals surface area (Å²) in [7, 11) is 0. The van der Waals surface area contributed by atoms with Gasteiger partial charge in [-0.05, 0) is 105 Å². The fourth-order valence-corrected chi connectivity index (χ4v) is 18.3. The summed E-state index contributed by atoms with van der Waals surface area (Å²) in [6.45, 7) is 14.1. The zero-order chi connectivity index (χ0) is 67.5. The number of esters is 1. The normalized spacial score (nSPS) is 54.1. The molecular formula is C63H100O30. The third-order valence-corrected chi connectivity index (χ3v) is 24.2. The van der Waals surface area contributed by atoms with E-state index < -0.39 is 227 Å². The van der Waals surface area contributed by atoms with Gasteiger partial charge in [0.05, 0.1) is 50.7 Å². The number of rotatable bonds is 15. The van der Waals surface area contributed by atoms with E-state index in [0.29, 0.717) is 51.4 Å². The lowest BCUT2D eigenvalue weighted by molar-refractivity contribution is -0.384. The maximum atomic E-state index is 15.2. The summed E-state index contributed by atoms with van der Waals surface area (Å²) < 4.78 is 71.8. The van der Waals surface area contributed by atoms with Crippen LogP contribution in [0, 0.1) is 44.8 Å². The second kappa shape index (κ2) is 27.4. The number of aliphatic hydroxyl groups is 17. The van der Waals surface area contributed by atoms with Crippen LogP contribution >= 0.6 is 0 Å². The van der Waals surface area contributed by atoms with Crippen LogP contribution in [0.15, 0.2) is 23.8 Å². The standard InChI is InChI=1S/C63H100O30/c1-24-10-15-63(58(81)93-56-47(79)42(74)39(71)32(88-56)23-84-52-48(80)43(75)50(31(20-65)87-52)91-54-45(77)40(72)36(68)25(2)85-54)17-16-61(6)26(27(63)18-24)8-9-34-60(5)13-12-35(59(3,4)33(60)11-14-62(34,61)7)89-57-51(92-53-44(76)37(69)28(66)21-82-53)49(29(67)22-83-57)90-55-46(78)41(73)38(70)30(19-64)86-55/h8,25,27-57,64-80H,1,9-23H2,2-7H3/t25-,27-,28+,29-,30+,31+,32+,33-,34+,35-,36-,37-,38+,39+,40+,41-,42-,43+,44+,45+,46+,47+,48+,49-,50+,51+,52+,53-,54-,55-,56-,57-,60-,61+,62+,63-/m0/s1. The Balaban J connectivity index is 0.778. The Morgan fingerprint density at radius 1 is 0.538 bits per heavy atom. The molecule has 17 N–H and O–H groups in total. The number of carbonyl (C=O) groups is 1. The van der Waals surface area contributed by atoms with Gasteiger partial charge < -0.3 is 144 Å². The Morgan fingerprint density at radius 2 is 1.11 bits per heavy atom. The Labute approximate surface area is 538 Å². The van der Waals surface area contributed by atoms with Gasteiger partial charge in [0, 0.05) is 5.92 Å². The summed E-state index contributed by atoms with van der Waals surface area (Å²) in [5.74, 6) is -0.844. The number of aliphatic hydroxyl groups excluding tert-OH is 17. The summed E-state index contributed by atoms with van der Waals surface area (Å²) in [5, 5.41) is 183. The molecule has 5 aliphatic carbocycles. The molecule has 0 aromatic rings. The Morgan fingerprint density at radius 3 is 1.80 bits per heavy atom. The van der Waals surface area contributed by atoms with Crippen LogP contribution in [-0.4, -0.2) is 304 Å². The van der Waals surface area contributed by atoms with Crippen LogP contribution in [0.3, 0.4) is 0 Å². The smallest absolute Gasteiger partial charge is 0.315 e. The molecule has 532 valence electrons. The van der Waals surface area contributed by atoms with Gasteiger partial charge in [-0.25, -0.2) is 0 Å². The van der Waals surface area contributed by atoms with Crippen molar-refractivity contribution in [3.05, 3.63) is 23.8 Å². The number of hydrogen-bond acceptors (Lipinski definition) is 30. The van der Waals surface area contributed by atoms with E-state index in [1.807, 2.05) is 0 Å². The van der Waals surface area contributed by atoms with E-state index in [0.717, 1.165) is 24.0 Å². The minimum absolute atomic E-state index is 0.0545. The first kappa shape index (κ1) is 72.1. The first-order valence-electron chi connectivity index (χ1n) is 32.9. The highest BCUT2D eigenvalue weighted by Gasteiger charge is 2.70. The van der Waals surface area contributed by atoms with E-state index in [4.69, 9.17) is 56.8 Å². The number of fused-ring (bicyclic) bond motifs is 7. The van der Waals surface area contributed by atoms with Gasteiger partial charge in [-0.1, -0.05) is 58.4 Å². The lowest BCUT2D eigenvalue weighted by atomic mass is 9.34. The minimum atomic E-state index is -1.92. The predicted octanol–water partition coefficient (Wildman–Crippen LogP) is -4.55. The molecule has 4 saturated carbocycles. The predicted molar refractivity (Wildman–Crippen MR) is 310 cm³/mol. The lowest BCUT2D eigenvalue weighted by Gasteiger charge is -2.71. The van der Waals surface area contributed by atoms with Crippen molar-refractivity contribution in [1.82, 2.24) is 0 Å². The third kappa shape index (κ3) is 12.5. The zero-order valence-electron chi connectivity index (χ0n) is 53.3. The molecule has 6 aliphatic heterocycles. The molecule has 93 heavy (non-hydrogen) atoms. The maximum Gasteiger partial charge on any atom is 0.315 e. The highest BCUT2D eigenvalue weighted by molar-refractivity contribution is 5.79. The molecule has 0 bridgehead atoms. The minimum Gasteiger partial charge on any atom is -0.432 e. The third-order valence-electron chi connectivity index (χ3n) is 24.2. The number of carbonyl (C=O) groups excluding carboxylic acids is 1. The molecular weight excluding hydrogens is 1240 g/mol. The van der Waals surface area contributed by atoms with Gasteiger partial charge >= 0.3 is 5.97 Å². The largest absolute Gasteiger partial charge is 0.432 e. The van der Waals surface area contributed by atoms with E-state index in [2.05, 4.69) is 47.3 Å². The number of allylic oxidation sites excluding steroid dienone is 3. The summed E-state index contributed by atoms with van der Waals surface area (Å²) in [5.41, 5.74) is -0.615. The Hall–Kier alpha value is -2.17. The first-order valence-corrected chi connectivity index (χ1v) is 32.9. The summed E-state index contributed by atoms with van der Waals surface area (Å²) >= 11 is 0. The van der Waals surface area contributed by atoms with Gasteiger partial charge in [-0.15, -0.1) is 0 Å². The van der Waals surface area contributed by atoms with Crippen molar-refractivity contribution in [2.75, 3.05) is 33.0 Å². The van der Waals surface area contributed by atoms with Crippen LogP contribution in [0.2, 0.25) is 0 Å². The van der Waals surface area contributed by atoms with Crippen molar-refractivity contribution in [2.45, 2.75) is 284 Å². The van der Waals surface area contributed by atoms with Gasteiger partial charge in [0.2, 0.25) is 6.29 Å². The maximum absolute atomic E-state index is 15.2. The molecule has 0 aromatic carbocycles. The van der Waals surface area contributed by atoms with Crippen LogP contribution < -0.4 is 0 Å². The molecule has 6 saturated heterocycles. The summed E-state index contributed by atoms with van der Waals surface area (Å²) in [6, 6.07) is 0. The molecule has 30 heteroatoms. The molecule has 36 atom stereocenters. The van der Waals surface area contributed by atoms with Crippen LogP contribution in [0.5, 0.6) is 0 Å². The Kier molecular flexibility index (Phi) is 21.2. The SMILES string of the molecule is C=C1CC[C@]2(C(=O)O[C@@H]3O[C@H](CO[C@@H]4O[C@H](CO)[C@@H](O[C@@H]5O[C@@H](C)[C@H](O)[C@@H](O)[C@H]5O)[C@H](O)[C@H]4O)[C@@H](O)[C@H](O)[C@H]3O)CC[C@]3(C)C(=CC[C@@H]4[C@@]5(C)CC[C@H](O[C@@H]6OC[C@H](O)[C@H](O[C@@H]7O[C@H](CO)[C@@H](O)[C@H](O)[C@H]7O)[C@H]6O[C@@H]6OC[C@@H](O)[C@H](O)[C@H]6O)C(C)(C)[C@@H]5CC[C@]43C)[C@@H]2C1. The van der Waals surface area contributed by atoms with Crippen LogP contribution in [0.1, 0.15) is 106 Å². The number of ether oxygens (including phenoxy) is 12. The first-order chi connectivity index (χ1) is 43.8. The monoisotopic (exact) mass is 1340 g/mol.